The standard InChI is InChI=1S/C24H26F2N4O3S/c1-6-8-19-20(27-5)9-7-10-21(19)30-23(15-22(28-30)24(4,25)26)29-34(31,32)18-13-11-17(12-14-18)33-16(2)3/h6-16,29H,5H2,1-4H3/b8-6-. The maximum absolute atomic E-state index is 14.2. The Bertz CT molecular complexity index is 1310. The van der Waals surface area contributed by atoms with Gasteiger partial charge in [0, 0.05) is 18.6 Å². The zero-order chi connectivity index (χ0) is 25.1. The summed E-state index contributed by atoms with van der Waals surface area (Å²) in [6, 6.07) is 11.8. The van der Waals surface area contributed by atoms with Crippen molar-refractivity contribution < 1.29 is 21.9 Å². The zero-order valence-electron chi connectivity index (χ0n) is 19.3. The molecule has 0 amide bonds. The summed E-state index contributed by atoms with van der Waals surface area (Å²) in [5.74, 6) is -2.93. The Hall–Kier alpha value is -3.53. The number of benzene rings is 2. The highest BCUT2D eigenvalue weighted by molar-refractivity contribution is 7.92. The molecular weight excluding hydrogens is 462 g/mol. The minimum atomic E-state index is -4.13. The number of rotatable bonds is 9. The van der Waals surface area contributed by atoms with E-state index in [1.807, 2.05) is 13.8 Å². The Morgan fingerprint density at radius 3 is 2.44 bits per heavy atom. The van der Waals surface area contributed by atoms with E-state index in [4.69, 9.17) is 4.74 Å². The first-order valence-electron chi connectivity index (χ1n) is 10.5. The van der Waals surface area contributed by atoms with E-state index in [0.717, 1.165) is 10.7 Å². The molecule has 10 heteroatoms. The molecule has 0 aliphatic rings. The van der Waals surface area contributed by atoms with Crippen LogP contribution < -0.4 is 9.46 Å². The molecule has 0 saturated heterocycles. The Morgan fingerprint density at radius 2 is 1.88 bits per heavy atom. The van der Waals surface area contributed by atoms with Crippen LogP contribution in [0.15, 0.2) is 64.5 Å². The lowest BCUT2D eigenvalue weighted by atomic mass is 10.1. The van der Waals surface area contributed by atoms with Gasteiger partial charge in [-0.15, -0.1) is 0 Å². The number of allylic oxidation sites excluding steroid dienone is 1. The van der Waals surface area contributed by atoms with E-state index < -0.39 is 21.6 Å². The Labute approximate surface area is 197 Å². The fourth-order valence-electron chi connectivity index (χ4n) is 3.22. The van der Waals surface area contributed by atoms with Crippen molar-refractivity contribution in [2.45, 2.75) is 44.6 Å². The molecule has 1 aromatic heterocycles. The molecule has 3 rings (SSSR count). The molecule has 2 aromatic carbocycles. The zero-order valence-corrected chi connectivity index (χ0v) is 20.1. The highest BCUT2D eigenvalue weighted by Gasteiger charge is 2.31. The van der Waals surface area contributed by atoms with Gasteiger partial charge in [0.2, 0.25) is 0 Å². The molecular formula is C24H26F2N4O3S. The van der Waals surface area contributed by atoms with Gasteiger partial charge in [-0.2, -0.15) is 13.9 Å². The fourth-order valence-corrected chi connectivity index (χ4v) is 4.25. The van der Waals surface area contributed by atoms with E-state index >= 15 is 0 Å². The molecule has 0 bridgehead atoms. The SMILES string of the molecule is C=Nc1cccc(-n2nc(C(C)(F)F)cc2NS(=O)(=O)c2ccc(OC(C)C)cc2)c1/C=C\C. The second-order valence-electron chi connectivity index (χ2n) is 7.83. The molecule has 0 spiro atoms. The van der Waals surface area contributed by atoms with Gasteiger partial charge in [-0.3, -0.25) is 9.71 Å². The maximum atomic E-state index is 14.2. The minimum Gasteiger partial charge on any atom is -0.491 e. The van der Waals surface area contributed by atoms with Crippen molar-refractivity contribution in [2.75, 3.05) is 4.72 Å². The van der Waals surface area contributed by atoms with Gasteiger partial charge in [-0.05, 0) is 63.9 Å². The predicted octanol–water partition coefficient (Wildman–Crippen LogP) is 5.94. The van der Waals surface area contributed by atoms with E-state index in [9.17, 15) is 17.2 Å². The normalized spacial score (nSPS) is 12.3. The van der Waals surface area contributed by atoms with E-state index in [1.54, 1.807) is 37.3 Å². The first-order valence-corrected chi connectivity index (χ1v) is 11.9. The number of anilines is 1. The largest absolute Gasteiger partial charge is 0.491 e. The number of aromatic nitrogens is 2. The molecule has 0 fully saturated rings. The van der Waals surface area contributed by atoms with Gasteiger partial charge in [0.25, 0.3) is 15.9 Å². The van der Waals surface area contributed by atoms with Gasteiger partial charge in [0.05, 0.1) is 22.4 Å². The molecule has 7 nitrogen and oxygen atoms in total. The van der Waals surface area contributed by atoms with Crippen LogP contribution in [0.4, 0.5) is 20.3 Å². The van der Waals surface area contributed by atoms with Crippen LogP contribution in [0.2, 0.25) is 0 Å². The monoisotopic (exact) mass is 488 g/mol. The van der Waals surface area contributed by atoms with E-state index in [1.165, 1.54) is 24.3 Å². The van der Waals surface area contributed by atoms with Crippen molar-refractivity contribution in [2.24, 2.45) is 4.99 Å². The molecule has 0 saturated carbocycles. The van der Waals surface area contributed by atoms with E-state index in [2.05, 4.69) is 21.5 Å². The molecule has 180 valence electrons. The molecule has 0 atom stereocenters. The van der Waals surface area contributed by atoms with Crippen LogP contribution in [-0.2, 0) is 15.9 Å². The molecule has 0 aliphatic heterocycles. The molecule has 1 heterocycles. The molecule has 0 unspecified atom stereocenters. The molecule has 34 heavy (non-hydrogen) atoms. The van der Waals surface area contributed by atoms with Crippen LogP contribution in [-0.4, -0.2) is 31.0 Å². The van der Waals surface area contributed by atoms with E-state index in [0.29, 0.717) is 29.6 Å². The predicted molar refractivity (Wildman–Crippen MR) is 130 cm³/mol. The average Bonchev–Trinajstić information content (AvgIpc) is 3.17. The van der Waals surface area contributed by atoms with Gasteiger partial charge in [0.15, 0.2) is 0 Å². The summed E-state index contributed by atoms with van der Waals surface area (Å²) in [5.41, 5.74) is 0.807. The number of nitrogens with zero attached hydrogens (tertiary/aromatic N) is 3. The quantitative estimate of drug-likeness (QED) is 0.378. The van der Waals surface area contributed by atoms with Crippen LogP contribution in [0.5, 0.6) is 5.75 Å². The highest BCUT2D eigenvalue weighted by atomic mass is 32.2. The smallest absolute Gasteiger partial charge is 0.288 e. The van der Waals surface area contributed by atoms with Gasteiger partial charge in [-0.1, -0.05) is 18.2 Å². The molecule has 0 aliphatic carbocycles. The van der Waals surface area contributed by atoms with Crippen molar-refractivity contribution in [1.29, 1.82) is 0 Å². The third-order valence-electron chi connectivity index (χ3n) is 4.70. The number of sulfonamides is 1. The van der Waals surface area contributed by atoms with Crippen molar-refractivity contribution in [3.8, 4) is 11.4 Å². The summed E-state index contributed by atoms with van der Waals surface area (Å²) in [4.78, 5) is 3.91. The number of halogens is 2. The summed E-state index contributed by atoms with van der Waals surface area (Å²) in [6.45, 7) is 9.73. The van der Waals surface area contributed by atoms with Gasteiger partial charge in [-0.25, -0.2) is 13.1 Å². The Morgan fingerprint density at radius 1 is 1.21 bits per heavy atom. The summed E-state index contributed by atoms with van der Waals surface area (Å²) in [6.07, 6.45) is 3.39. The lowest BCUT2D eigenvalue weighted by molar-refractivity contribution is 0.0124. The maximum Gasteiger partial charge on any atom is 0.288 e. The van der Waals surface area contributed by atoms with Crippen LogP contribution >= 0.6 is 0 Å². The lowest BCUT2D eigenvalue weighted by Gasteiger charge is -2.14. The van der Waals surface area contributed by atoms with Crippen LogP contribution in [0.1, 0.15) is 39.0 Å². The highest BCUT2D eigenvalue weighted by Crippen LogP contribution is 2.34. The van der Waals surface area contributed by atoms with Crippen LogP contribution in [0, 0.1) is 0 Å². The van der Waals surface area contributed by atoms with Crippen molar-refractivity contribution in [3.05, 3.63) is 65.9 Å². The third-order valence-corrected chi connectivity index (χ3v) is 6.07. The van der Waals surface area contributed by atoms with E-state index in [-0.39, 0.29) is 16.8 Å². The second-order valence-corrected chi connectivity index (χ2v) is 9.51. The lowest BCUT2D eigenvalue weighted by Crippen LogP contribution is -2.16. The first-order chi connectivity index (χ1) is 16.0. The first kappa shape index (κ1) is 25.1. The van der Waals surface area contributed by atoms with Gasteiger partial charge in [0.1, 0.15) is 17.3 Å². The van der Waals surface area contributed by atoms with Crippen molar-refractivity contribution >= 4 is 34.3 Å². The fraction of sp³-hybridized carbons (Fsp3) is 0.250. The summed E-state index contributed by atoms with van der Waals surface area (Å²) in [7, 11) is -4.13. The number of ether oxygens (including phenoxy) is 1. The van der Waals surface area contributed by atoms with Crippen LogP contribution in [0.25, 0.3) is 11.8 Å². The third kappa shape index (κ3) is 5.51. The number of alkyl halides is 2. The number of hydrogen-bond donors (Lipinski definition) is 1. The molecule has 1 N–H and O–H groups in total. The Balaban J connectivity index is 2.11. The van der Waals surface area contributed by atoms with Gasteiger partial charge < -0.3 is 4.74 Å². The topological polar surface area (TPSA) is 85.6 Å². The number of nitrogens with one attached hydrogen (secondary N) is 1. The summed E-state index contributed by atoms with van der Waals surface area (Å²) >= 11 is 0. The second kappa shape index (κ2) is 9.76. The van der Waals surface area contributed by atoms with Gasteiger partial charge >= 0.3 is 0 Å². The number of aliphatic imine (C=N–C) groups is 1. The van der Waals surface area contributed by atoms with Crippen LogP contribution in [0.3, 0.4) is 0 Å². The Kier molecular flexibility index (Phi) is 7.21. The summed E-state index contributed by atoms with van der Waals surface area (Å²) in [5, 5.41) is 4.02. The summed E-state index contributed by atoms with van der Waals surface area (Å²) < 4.78 is 63.5. The molecule has 3 aromatic rings. The van der Waals surface area contributed by atoms with Crippen molar-refractivity contribution in [3.63, 3.8) is 0 Å². The average molecular weight is 489 g/mol. The van der Waals surface area contributed by atoms with Crippen molar-refractivity contribution in [1.82, 2.24) is 9.78 Å². The number of hydrogen-bond acceptors (Lipinski definition) is 5. The molecule has 0 radical (unpaired) electrons. The minimum absolute atomic E-state index is 0.0589.